The average Bonchev–Trinajstić information content (AvgIpc) is 3.19. The van der Waals surface area contributed by atoms with E-state index in [1.807, 2.05) is 0 Å². The Bertz CT molecular complexity index is 466. The van der Waals surface area contributed by atoms with Crippen LogP contribution in [0.4, 0.5) is 5.69 Å². The van der Waals surface area contributed by atoms with Crippen LogP contribution in [0.15, 0.2) is 22.7 Å². The van der Waals surface area contributed by atoms with Crippen molar-refractivity contribution in [1.82, 2.24) is 5.32 Å². The van der Waals surface area contributed by atoms with Crippen LogP contribution in [-0.2, 0) is 6.54 Å². The molecule has 1 aliphatic carbocycles. The Kier molecular flexibility index (Phi) is 4.63. The summed E-state index contributed by atoms with van der Waals surface area (Å²) in [6.07, 6.45) is 2.69. The number of hydrogen-bond acceptors (Lipinski definition) is 3. The predicted molar refractivity (Wildman–Crippen MR) is 92.7 cm³/mol. The highest BCUT2D eigenvalue weighted by molar-refractivity contribution is 9.10. The van der Waals surface area contributed by atoms with Crippen molar-refractivity contribution >= 4 is 33.4 Å². The van der Waals surface area contributed by atoms with Gasteiger partial charge in [0.2, 0.25) is 0 Å². The van der Waals surface area contributed by atoms with Crippen molar-refractivity contribution in [3.8, 4) is 0 Å². The van der Waals surface area contributed by atoms with Gasteiger partial charge in [0.05, 0.1) is 0 Å². The first-order valence-corrected chi connectivity index (χ1v) is 9.27. The fourth-order valence-electron chi connectivity index (χ4n) is 2.92. The lowest BCUT2D eigenvalue weighted by Crippen LogP contribution is -2.41. The minimum Gasteiger partial charge on any atom is -0.369 e. The molecule has 0 radical (unpaired) electrons. The Balaban J connectivity index is 1.79. The molecule has 0 bridgehead atoms. The largest absolute Gasteiger partial charge is 0.369 e. The van der Waals surface area contributed by atoms with Crippen molar-refractivity contribution in [2.24, 2.45) is 0 Å². The maximum absolute atomic E-state index is 3.65. The van der Waals surface area contributed by atoms with Crippen molar-refractivity contribution in [3.63, 3.8) is 0 Å². The second-order valence-corrected chi connectivity index (χ2v) is 8.89. The van der Waals surface area contributed by atoms with Gasteiger partial charge < -0.3 is 10.2 Å². The molecule has 2 aliphatic rings. The number of hydrogen-bond donors (Lipinski definition) is 1. The summed E-state index contributed by atoms with van der Waals surface area (Å²) in [5, 5.41) is 5.08. The lowest BCUT2D eigenvalue weighted by molar-refractivity contribution is 0.676. The molecule has 2 fully saturated rings. The van der Waals surface area contributed by atoms with Crippen LogP contribution >= 0.6 is 27.7 Å². The fraction of sp³-hybridized carbons (Fsp3) is 0.625. The fourth-order valence-corrected chi connectivity index (χ4v) is 4.65. The summed E-state index contributed by atoms with van der Waals surface area (Å²) in [6, 6.07) is 7.50. The van der Waals surface area contributed by atoms with E-state index in [0.717, 1.165) is 25.7 Å². The molecule has 3 rings (SSSR count). The van der Waals surface area contributed by atoms with Crippen molar-refractivity contribution in [3.05, 3.63) is 28.2 Å². The number of thioether (sulfide) groups is 1. The standard InChI is InChI=1S/C16H23BrN2S/c1-11-9-19(10-12(2)20-11)16-6-3-14(17)7-13(16)8-18-15-4-5-15/h3,6-7,11-12,15,18H,4-5,8-10H2,1-2H3. The molecule has 1 aromatic rings. The van der Waals surface area contributed by atoms with Gasteiger partial charge in [0.15, 0.2) is 0 Å². The zero-order valence-corrected chi connectivity index (χ0v) is 14.6. The highest BCUT2D eigenvalue weighted by atomic mass is 79.9. The SMILES string of the molecule is CC1CN(c2ccc(Br)cc2CNC2CC2)CC(C)S1. The van der Waals surface area contributed by atoms with Crippen LogP contribution in [0.3, 0.4) is 0 Å². The third-order valence-corrected chi connectivity index (χ3v) is 5.68. The smallest absolute Gasteiger partial charge is 0.0413 e. The normalized spacial score (nSPS) is 26.9. The molecule has 1 N–H and O–H groups in total. The molecule has 4 heteroatoms. The average molecular weight is 355 g/mol. The van der Waals surface area contributed by atoms with E-state index in [4.69, 9.17) is 0 Å². The van der Waals surface area contributed by atoms with Crippen molar-refractivity contribution in [1.29, 1.82) is 0 Å². The maximum Gasteiger partial charge on any atom is 0.0413 e. The van der Waals surface area contributed by atoms with Gasteiger partial charge in [0, 0.05) is 46.3 Å². The van der Waals surface area contributed by atoms with Gasteiger partial charge in [0.1, 0.15) is 0 Å². The third kappa shape index (κ3) is 3.71. The van der Waals surface area contributed by atoms with Crippen LogP contribution < -0.4 is 10.2 Å². The quantitative estimate of drug-likeness (QED) is 0.878. The molecular weight excluding hydrogens is 332 g/mol. The highest BCUT2D eigenvalue weighted by Gasteiger charge is 2.25. The second-order valence-electron chi connectivity index (χ2n) is 6.09. The van der Waals surface area contributed by atoms with E-state index >= 15 is 0 Å². The molecule has 110 valence electrons. The van der Waals surface area contributed by atoms with Crippen LogP contribution in [0.1, 0.15) is 32.3 Å². The molecule has 2 unspecified atom stereocenters. The lowest BCUT2D eigenvalue weighted by Gasteiger charge is -2.37. The minimum absolute atomic E-state index is 0.714. The molecule has 1 saturated heterocycles. The Morgan fingerprint density at radius 2 is 1.95 bits per heavy atom. The zero-order chi connectivity index (χ0) is 14.1. The summed E-state index contributed by atoms with van der Waals surface area (Å²) < 4.78 is 1.18. The van der Waals surface area contributed by atoms with E-state index < -0.39 is 0 Å². The summed E-state index contributed by atoms with van der Waals surface area (Å²) in [6.45, 7) is 7.99. The van der Waals surface area contributed by atoms with Gasteiger partial charge in [-0.15, -0.1) is 0 Å². The molecule has 1 aromatic carbocycles. The summed E-state index contributed by atoms with van der Waals surface area (Å²) in [4.78, 5) is 2.57. The second kappa shape index (κ2) is 6.29. The van der Waals surface area contributed by atoms with Crippen molar-refractivity contribution < 1.29 is 0 Å². The number of rotatable bonds is 4. The Labute approximate surface area is 134 Å². The lowest BCUT2D eigenvalue weighted by atomic mass is 10.1. The molecule has 2 nitrogen and oxygen atoms in total. The maximum atomic E-state index is 3.65. The van der Waals surface area contributed by atoms with E-state index in [-0.39, 0.29) is 0 Å². The first-order chi connectivity index (χ1) is 9.61. The first kappa shape index (κ1) is 14.7. The summed E-state index contributed by atoms with van der Waals surface area (Å²) in [5.41, 5.74) is 2.85. The number of nitrogens with one attached hydrogen (secondary N) is 1. The van der Waals surface area contributed by atoms with Crippen molar-refractivity contribution in [2.45, 2.75) is 49.8 Å². The van der Waals surface area contributed by atoms with E-state index in [1.165, 1.54) is 28.6 Å². The third-order valence-electron chi connectivity index (χ3n) is 3.96. The summed E-state index contributed by atoms with van der Waals surface area (Å²) >= 11 is 5.73. The Morgan fingerprint density at radius 1 is 1.25 bits per heavy atom. The van der Waals surface area contributed by atoms with Gasteiger partial charge in [-0.05, 0) is 36.6 Å². The minimum atomic E-state index is 0.714. The van der Waals surface area contributed by atoms with E-state index in [0.29, 0.717) is 10.5 Å². The van der Waals surface area contributed by atoms with Gasteiger partial charge in [-0.25, -0.2) is 0 Å². The van der Waals surface area contributed by atoms with Crippen molar-refractivity contribution in [2.75, 3.05) is 18.0 Å². The molecule has 2 atom stereocenters. The van der Waals surface area contributed by atoms with Crippen LogP contribution in [0.2, 0.25) is 0 Å². The predicted octanol–water partition coefficient (Wildman–Crippen LogP) is 4.03. The van der Waals surface area contributed by atoms with Gasteiger partial charge in [-0.1, -0.05) is 29.8 Å². The Hall–Kier alpha value is -0.190. The molecule has 1 aliphatic heterocycles. The van der Waals surface area contributed by atoms with Crippen LogP contribution in [0.25, 0.3) is 0 Å². The van der Waals surface area contributed by atoms with Crippen LogP contribution in [0, 0.1) is 0 Å². The first-order valence-electron chi connectivity index (χ1n) is 7.54. The molecular formula is C16H23BrN2S. The molecule has 0 aromatic heterocycles. The van der Waals surface area contributed by atoms with E-state index in [1.54, 1.807) is 0 Å². The van der Waals surface area contributed by atoms with Gasteiger partial charge in [-0.2, -0.15) is 11.8 Å². The summed E-state index contributed by atoms with van der Waals surface area (Å²) in [7, 11) is 0. The topological polar surface area (TPSA) is 15.3 Å². The Morgan fingerprint density at radius 3 is 2.60 bits per heavy atom. The molecule has 1 saturated carbocycles. The summed E-state index contributed by atoms with van der Waals surface area (Å²) in [5.74, 6) is 0. The number of benzene rings is 1. The van der Waals surface area contributed by atoms with Gasteiger partial charge in [0.25, 0.3) is 0 Å². The number of halogens is 1. The van der Waals surface area contributed by atoms with Crippen LogP contribution in [0.5, 0.6) is 0 Å². The monoisotopic (exact) mass is 354 g/mol. The van der Waals surface area contributed by atoms with Gasteiger partial charge in [-0.3, -0.25) is 0 Å². The molecule has 0 amide bonds. The zero-order valence-electron chi connectivity index (χ0n) is 12.2. The number of anilines is 1. The van der Waals surface area contributed by atoms with Gasteiger partial charge >= 0.3 is 0 Å². The molecule has 20 heavy (non-hydrogen) atoms. The highest BCUT2D eigenvalue weighted by Crippen LogP contribution is 2.32. The van der Waals surface area contributed by atoms with E-state index in [9.17, 15) is 0 Å². The molecule has 1 heterocycles. The molecule has 0 spiro atoms. The van der Waals surface area contributed by atoms with E-state index in [2.05, 4.69) is 70.0 Å². The van der Waals surface area contributed by atoms with Crippen LogP contribution in [-0.4, -0.2) is 29.6 Å². The number of nitrogens with zero attached hydrogens (tertiary/aromatic N) is 1.